The maximum atomic E-state index is 12.4. The van der Waals surface area contributed by atoms with Crippen molar-refractivity contribution in [1.82, 2.24) is 0 Å². The Morgan fingerprint density at radius 2 is 1.45 bits per heavy atom. The maximum Gasteiger partial charge on any atom is 0.308 e. The van der Waals surface area contributed by atoms with E-state index in [1.165, 1.54) is 84.0 Å². The highest BCUT2D eigenvalue weighted by Crippen LogP contribution is 2.36. The molecular formula is C24H38O5. The number of esters is 1. The van der Waals surface area contributed by atoms with Crippen LogP contribution in [0.1, 0.15) is 96.5 Å². The van der Waals surface area contributed by atoms with Gasteiger partial charge in [0.15, 0.2) is 11.5 Å². The summed E-state index contributed by atoms with van der Waals surface area (Å²) >= 11 is 0. The highest BCUT2D eigenvalue weighted by atomic mass is 16.6. The Bertz CT molecular complexity index is 624. The molecule has 0 radical (unpaired) electrons. The summed E-state index contributed by atoms with van der Waals surface area (Å²) in [5, 5.41) is 9.84. The van der Waals surface area contributed by atoms with Crippen LogP contribution < -0.4 is 9.47 Å². The number of aromatic hydroxyl groups is 1. The largest absolute Gasteiger partial charge is 0.508 e. The monoisotopic (exact) mass is 406 g/mol. The fourth-order valence-corrected chi connectivity index (χ4v) is 3.47. The van der Waals surface area contributed by atoms with Crippen LogP contribution in [0.4, 0.5) is 0 Å². The molecule has 1 aromatic carbocycles. The summed E-state index contributed by atoms with van der Waals surface area (Å²) in [7, 11) is 1.43. The summed E-state index contributed by atoms with van der Waals surface area (Å²) in [5.41, 5.74) is 0.477. The first kappa shape index (κ1) is 25.0. The topological polar surface area (TPSA) is 72.8 Å². The first-order chi connectivity index (χ1) is 14.0. The van der Waals surface area contributed by atoms with E-state index in [0.29, 0.717) is 12.0 Å². The molecule has 0 atom stereocenters. The zero-order valence-corrected chi connectivity index (χ0v) is 18.4. The number of ether oxygens (including phenoxy) is 2. The number of benzene rings is 1. The lowest BCUT2D eigenvalue weighted by Gasteiger charge is -2.13. The van der Waals surface area contributed by atoms with Gasteiger partial charge in [0, 0.05) is 31.4 Å². The lowest BCUT2D eigenvalue weighted by molar-refractivity contribution is -0.132. The Kier molecular flexibility index (Phi) is 12.8. The van der Waals surface area contributed by atoms with Gasteiger partial charge in [0.25, 0.3) is 0 Å². The molecule has 0 spiro atoms. The molecule has 29 heavy (non-hydrogen) atoms. The normalized spacial score (nSPS) is 10.7. The Hall–Kier alpha value is -2.04. The van der Waals surface area contributed by atoms with Crippen molar-refractivity contribution in [2.24, 2.45) is 0 Å². The van der Waals surface area contributed by atoms with Gasteiger partial charge in [0.05, 0.1) is 7.11 Å². The van der Waals surface area contributed by atoms with E-state index in [2.05, 4.69) is 6.92 Å². The Morgan fingerprint density at radius 1 is 0.897 bits per heavy atom. The van der Waals surface area contributed by atoms with Crippen molar-refractivity contribution >= 4 is 11.8 Å². The molecule has 1 rings (SSSR count). The van der Waals surface area contributed by atoms with E-state index in [9.17, 15) is 14.7 Å². The predicted molar refractivity (Wildman–Crippen MR) is 116 cm³/mol. The van der Waals surface area contributed by atoms with Gasteiger partial charge in [-0.2, -0.15) is 0 Å². The molecule has 0 bridgehead atoms. The van der Waals surface area contributed by atoms with Crippen LogP contribution in [0.25, 0.3) is 0 Å². The smallest absolute Gasteiger partial charge is 0.308 e. The van der Waals surface area contributed by atoms with E-state index >= 15 is 0 Å². The van der Waals surface area contributed by atoms with Crippen molar-refractivity contribution in [3.8, 4) is 17.2 Å². The molecule has 1 aromatic rings. The fourth-order valence-electron chi connectivity index (χ4n) is 3.47. The van der Waals surface area contributed by atoms with E-state index in [0.717, 1.165) is 12.8 Å². The number of methoxy groups -OCH3 is 1. The Balaban J connectivity index is 2.31. The molecule has 0 fully saturated rings. The van der Waals surface area contributed by atoms with Crippen LogP contribution in [0.5, 0.6) is 17.2 Å². The number of carbonyl (C=O) groups is 2. The van der Waals surface area contributed by atoms with E-state index < -0.39 is 5.97 Å². The van der Waals surface area contributed by atoms with E-state index in [1.54, 1.807) is 0 Å². The number of hydrogen-bond donors (Lipinski definition) is 1. The second-order valence-electron chi connectivity index (χ2n) is 7.73. The third-order valence-corrected chi connectivity index (χ3v) is 5.03. The number of ketones is 1. The van der Waals surface area contributed by atoms with Gasteiger partial charge in [-0.1, -0.05) is 71.1 Å². The predicted octanol–water partition coefficient (Wildman–Crippen LogP) is 6.14. The number of Topliss-reactive ketones (excluding diaryl/α,β-unsaturated/α-hetero) is 1. The molecule has 0 heterocycles. The molecule has 0 unspecified atom stereocenters. The van der Waals surface area contributed by atoms with Crippen molar-refractivity contribution in [3.63, 3.8) is 0 Å². The van der Waals surface area contributed by atoms with Crippen LogP contribution in [0.2, 0.25) is 0 Å². The van der Waals surface area contributed by atoms with Crippen LogP contribution in [-0.2, 0) is 16.0 Å². The third kappa shape index (κ3) is 10.9. The molecule has 0 aromatic heterocycles. The molecule has 1 N–H and O–H groups in total. The highest BCUT2D eigenvalue weighted by molar-refractivity contribution is 5.83. The van der Waals surface area contributed by atoms with Crippen molar-refractivity contribution in [3.05, 3.63) is 17.7 Å². The standard InChI is InChI=1S/C24H38O5/c1-4-5-6-7-8-9-10-11-12-13-14-15-21(26)16-20-17-22(27)18-23(28-3)24(20)29-19(2)25/h17-18,27H,4-16H2,1-3H3. The Morgan fingerprint density at radius 3 is 1.97 bits per heavy atom. The van der Waals surface area contributed by atoms with Gasteiger partial charge in [-0.3, -0.25) is 9.59 Å². The molecule has 0 saturated carbocycles. The number of hydrogen-bond acceptors (Lipinski definition) is 5. The maximum absolute atomic E-state index is 12.4. The summed E-state index contributed by atoms with van der Waals surface area (Å²) < 4.78 is 10.4. The zero-order valence-electron chi connectivity index (χ0n) is 18.4. The second kappa shape index (κ2) is 14.9. The van der Waals surface area contributed by atoms with Gasteiger partial charge >= 0.3 is 5.97 Å². The van der Waals surface area contributed by atoms with Gasteiger partial charge < -0.3 is 14.6 Å². The van der Waals surface area contributed by atoms with Gasteiger partial charge in [-0.05, 0) is 12.5 Å². The summed E-state index contributed by atoms with van der Waals surface area (Å²) in [6, 6.07) is 2.83. The fraction of sp³-hybridized carbons (Fsp3) is 0.667. The molecule has 164 valence electrons. The first-order valence-corrected chi connectivity index (χ1v) is 11.1. The minimum absolute atomic E-state index is 0.0183. The molecule has 5 heteroatoms. The summed E-state index contributed by atoms with van der Waals surface area (Å²) in [4.78, 5) is 23.7. The van der Waals surface area contributed by atoms with Crippen molar-refractivity contribution in [1.29, 1.82) is 0 Å². The van der Waals surface area contributed by atoms with E-state index in [4.69, 9.17) is 9.47 Å². The van der Waals surface area contributed by atoms with Gasteiger partial charge in [-0.15, -0.1) is 0 Å². The van der Waals surface area contributed by atoms with Crippen LogP contribution in [0, 0.1) is 0 Å². The average molecular weight is 407 g/mol. The summed E-state index contributed by atoms with van der Waals surface area (Å²) in [6.45, 7) is 3.53. The first-order valence-electron chi connectivity index (χ1n) is 11.1. The zero-order chi connectivity index (χ0) is 21.5. The molecule has 0 aliphatic rings. The molecule has 5 nitrogen and oxygen atoms in total. The quantitative estimate of drug-likeness (QED) is 0.203. The van der Waals surface area contributed by atoms with E-state index in [-0.39, 0.29) is 29.5 Å². The number of phenols is 1. The van der Waals surface area contributed by atoms with Gasteiger partial charge in [0.1, 0.15) is 11.5 Å². The lowest BCUT2D eigenvalue weighted by Crippen LogP contribution is -2.09. The van der Waals surface area contributed by atoms with Crippen LogP contribution in [-0.4, -0.2) is 24.0 Å². The van der Waals surface area contributed by atoms with Gasteiger partial charge in [0.2, 0.25) is 0 Å². The molecule has 0 aliphatic carbocycles. The van der Waals surface area contributed by atoms with Crippen molar-refractivity contribution in [2.75, 3.05) is 7.11 Å². The van der Waals surface area contributed by atoms with Crippen LogP contribution in [0.15, 0.2) is 12.1 Å². The lowest BCUT2D eigenvalue weighted by atomic mass is 10.0. The summed E-state index contributed by atoms with van der Waals surface area (Å²) in [5.74, 6) is 0.0214. The number of carbonyl (C=O) groups excluding carboxylic acids is 2. The van der Waals surface area contributed by atoms with Crippen LogP contribution in [0.3, 0.4) is 0 Å². The average Bonchev–Trinajstić information content (AvgIpc) is 2.67. The summed E-state index contributed by atoms with van der Waals surface area (Å²) in [6.07, 6.45) is 14.3. The minimum Gasteiger partial charge on any atom is -0.508 e. The molecule has 0 saturated heterocycles. The van der Waals surface area contributed by atoms with Crippen molar-refractivity contribution in [2.45, 2.75) is 97.3 Å². The molecule has 0 aliphatic heterocycles. The number of unbranched alkanes of at least 4 members (excludes halogenated alkanes) is 10. The molecule has 0 amide bonds. The highest BCUT2D eigenvalue weighted by Gasteiger charge is 2.17. The SMILES string of the molecule is CCCCCCCCCCCCCC(=O)Cc1cc(O)cc(OC)c1OC(C)=O. The van der Waals surface area contributed by atoms with E-state index in [1.807, 2.05) is 0 Å². The molecular weight excluding hydrogens is 368 g/mol. The Labute approximate surface area is 175 Å². The number of rotatable bonds is 16. The minimum atomic E-state index is -0.493. The van der Waals surface area contributed by atoms with Crippen LogP contribution >= 0.6 is 0 Å². The second-order valence-corrected chi connectivity index (χ2v) is 7.73. The van der Waals surface area contributed by atoms with Crippen molar-refractivity contribution < 1.29 is 24.2 Å². The van der Waals surface area contributed by atoms with Gasteiger partial charge in [-0.25, -0.2) is 0 Å². The third-order valence-electron chi connectivity index (χ3n) is 5.03. The number of phenolic OH excluding ortho intramolecular Hbond substituents is 1.